The first kappa shape index (κ1) is 10.1. The minimum Gasteiger partial charge on any atom is -0.387 e. The second kappa shape index (κ2) is 4.40. The normalized spacial score (nSPS) is 20.1. The first-order valence-corrected chi connectivity index (χ1v) is 5.60. The van der Waals surface area contributed by atoms with E-state index in [9.17, 15) is 5.11 Å². The van der Waals surface area contributed by atoms with E-state index in [1.807, 2.05) is 18.4 Å². The molecule has 0 radical (unpaired) electrons. The van der Waals surface area contributed by atoms with Gasteiger partial charge in [-0.1, -0.05) is 0 Å². The Bertz CT molecular complexity index is 291. The Hall–Kier alpha value is -0.420. The van der Waals surface area contributed by atoms with Gasteiger partial charge in [0.15, 0.2) is 6.29 Å². The van der Waals surface area contributed by atoms with E-state index in [2.05, 4.69) is 0 Å². The summed E-state index contributed by atoms with van der Waals surface area (Å²) in [4.78, 5) is 1.02. The summed E-state index contributed by atoms with van der Waals surface area (Å²) in [6, 6.07) is 2.01. The molecule has 78 valence electrons. The lowest BCUT2D eigenvalue weighted by Crippen LogP contribution is -2.12. The first-order valence-electron chi connectivity index (χ1n) is 4.72. The van der Waals surface area contributed by atoms with Gasteiger partial charge in [-0.05, 0) is 23.9 Å². The van der Waals surface area contributed by atoms with Crippen LogP contribution in [0.5, 0.6) is 0 Å². The SMILES string of the molecule is Cc1ccsc1C(O)CC1OCCO1. The highest BCUT2D eigenvalue weighted by Crippen LogP contribution is 2.28. The van der Waals surface area contributed by atoms with E-state index in [1.54, 1.807) is 11.3 Å². The molecule has 1 aliphatic heterocycles. The lowest BCUT2D eigenvalue weighted by atomic mass is 10.1. The Morgan fingerprint density at radius 1 is 1.57 bits per heavy atom. The maximum absolute atomic E-state index is 9.90. The minimum absolute atomic E-state index is 0.230. The van der Waals surface area contributed by atoms with Crippen molar-refractivity contribution >= 4 is 11.3 Å². The molecular formula is C10H14O3S. The van der Waals surface area contributed by atoms with Crippen LogP contribution in [0.4, 0.5) is 0 Å². The Labute approximate surface area is 87.3 Å². The van der Waals surface area contributed by atoms with Gasteiger partial charge in [0.1, 0.15) is 0 Å². The molecule has 1 fully saturated rings. The van der Waals surface area contributed by atoms with Crippen LogP contribution in [0.2, 0.25) is 0 Å². The molecule has 0 bridgehead atoms. The molecule has 0 aliphatic carbocycles. The summed E-state index contributed by atoms with van der Waals surface area (Å²) in [5.74, 6) is 0. The molecule has 4 heteroatoms. The predicted octanol–water partition coefficient (Wildman–Crippen LogP) is 1.85. The fourth-order valence-corrected chi connectivity index (χ4v) is 2.48. The van der Waals surface area contributed by atoms with Crippen LogP contribution in [-0.2, 0) is 9.47 Å². The fraction of sp³-hybridized carbons (Fsp3) is 0.600. The van der Waals surface area contributed by atoms with Crippen molar-refractivity contribution in [2.45, 2.75) is 25.7 Å². The van der Waals surface area contributed by atoms with Crippen LogP contribution in [0.1, 0.15) is 23.0 Å². The Balaban J connectivity index is 1.95. The molecule has 1 saturated heterocycles. The Morgan fingerprint density at radius 3 is 2.86 bits per heavy atom. The molecule has 14 heavy (non-hydrogen) atoms. The van der Waals surface area contributed by atoms with Gasteiger partial charge in [0.2, 0.25) is 0 Å². The van der Waals surface area contributed by atoms with Gasteiger partial charge in [0.05, 0.1) is 19.3 Å². The van der Waals surface area contributed by atoms with Crippen LogP contribution in [0.15, 0.2) is 11.4 Å². The molecule has 1 N–H and O–H groups in total. The fourth-order valence-electron chi connectivity index (χ4n) is 1.56. The molecule has 1 atom stereocenters. The van der Waals surface area contributed by atoms with Crippen LogP contribution >= 0.6 is 11.3 Å². The second-order valence-corrected chi connectivity index (χ2v) is 4.34. The monoisotopic (exact) mass is 214 g/mol. The average molecular weight is 214 g/mol. The zero-order valence-electron chi connectivity index (χ0n) is 8.10. The van der Waals surface area contributed by atoms with E-state index >= 15 is 0 Å². The topological polar surface area (TPSA) is 38.7 Å². The van der Waals surface area contributed by atoms with E-state index in [0.29, 0.717) is 19.6 Å². The first-order chi connectivity index (χ1) is 6.77. The molecule has 1 aromatic heterocycles. The van der Waals surface area contributed by atoms with Crippen molar-refractivity contribution in [1.82, 2.24) is 0 Å². The molecule has 2 rings (SSSR count). The number of hydrogen-bond acceptors (Lipinski definition) is 4. The zero-order valence-corrected chi connectivity index (χ0v) is 8.92. The molecule has 1 aromatic rings. The molecule has 0 spiro atoms. The largest absolute Gasteiger partial charge is 0.387 e. The Morgan fingerprint density at radius 2 is 2.29 bits per heavy atom. The minimum atomic E-state index is -0.460. The van der Waals surface area contributed by atoms with Gasteiger partial charge >= 0.3 is 0 Å². The summed E-state index contributed by atoms with van der Waals surface area (Å²) in [6.07, 6.45) is -0.161. The lowest BCUT2D eigenvalue weighted by Gasteiger charge is -2.14. The lowest BCUT2D eigenvalue weighted by molar-refractivity contribution is -0.0703. The smallest absolute Gasteiger partial charge is 0.160 e. The van der Waals surface area contributed by atoms with E-state index in [-0.39, 0.29) is 6.29 Å². The molecule has 0 saturated carbocycles. The third kappa shape index (κ3) is 2.15. The molecule has 1 aliphatic rings. The van der Waals surface area contributed by atoms with Crippen molar-refractivity contribution in [2.75, 3.05) is 13.2 Å². The van der Waals surface area contributed by atoms with Crippen LogP contribution in [0.3, 0.4) is 0 Å². The van der Waals surface area contributed by atoms with Crippen molar-refractivity contribution in [3.63, 3.8) is 0 Å². The zero-order chi connectivity index (χ0) is 9.97. The molecule has 0 amide bonds. The summed E-state index contributed by atoms with van der Waals surface area (Å²) in [5, 5.41) is 11.9. The van der Waals surface area contributed by atoms with Crippen LogP contribution in [-0.4, -0.2) is 24.6 Å². The number of aryl methyl sites for hydroxylation is 1. The molecule has 1 unspecified atom stereocenters. The standard InChI is InChI=1S/C10H14O3S/c1-7-2-5-14-10(7)8(11)6-9-12-3-4-13-9/h2,5,8-9,11H,3-4,6H2,1H3. The second-order valence-electron chi connectivity index (χ2n) is 3.39. The van der Waals surface area contributed by atoms with Gasteiger partial charge in [-0.15, -0.1) is 11.3 Å². The summed E-state index contributed by atoms with van der Waals surface area (Å²) in [5.41, 5.74) is 1.14. The molecule has 0 aromatic carbocycles. The number of hydrogen-bond donors (Lipinski definition) is 1. The third-order valence-electron chi connectivity index (χ3n) is 2.31. The van der Waals surface area contributed by atoms with Crippen molar-refractivity contribution < 1.29 is 14.6 Å². The van der Waals surface area contributed by atoms with Gasteiger partial charge in [0.25, 0.3) is 0 Å². The summed E-state index contributed by atoms with van der Waals surface area (Å²) in [6.45, 7) is 3.28. The maximum atomic E-state index is 9.90. The number of aliphatic hydroxyl groups excluding tert-OH is 1. The molecule has 3 nitrogen and oxygen atoms in total. The van der Waals surface area contributed by atoms with Crippen LogP contribution in [0, 0.1) is 6.92 Å². The van der Waals surface area contributed by atoms with Crippen molar-refractivity contribution in [2.24, 2.45) is 0 Å². The number of rotatable bonds is 3. The number of ether oxygens (including phenoxy) is 2. The highest BCUT2D eigenvalue weighted by molar-refractivity contribution is 7.10. The van der Waals surface area contributed by atoms with Gasteiger partial charge < -0.3 is 14.6 Å². The summed E-state index contributed by atoms with van der Waals surface area (Å²) in [7, 11) is 0. The maximum Gasteiger partial charge on any atom is 0.160 e. The highest BCUT2D eigenvalue weighted by Gasteiger charge is 2.22. The number of thiophene rings is 1. The van der Waals surface area contributed by atoms with Gasteiger partial charge in [-0.25, -0.2) is 0 Å². The molecule has 2 heterocycles. The van der Waals surface area contributed by atoms with Gasteiger partial charge in [-0.3, -0.25) is 0 Å². The Kier molecular flexibility index (Phi) is 3.18. The van der Waals surface area contributed by atoms with Crippen LogP contribution < -0.4 is 0 Å². The van der Waals surface area contributed by atoms with E-state index in [4.69, 9.17) is 9.47 Å². The highest BCUT2D eigenvalue weighted by atomic mass is 32.1. The van der Waals surface area contributed by atoms with Crippen molar-refractivity contribution in [3.8, 4) is 0 Å². The predicted molar refractivity (Wildman–Crippen MR) is 54.3 cm³/mol. The molecular weight excluding hydrogens is 200 g/mol. The third-order valence-corrected chi connectivity index (χ3v) is 3.43. The van der Waals surface area contributed by atoms with E-state index < -0.39 is 6.10 Å². The van der Waals surface area contributed by atoms with E-state index in [1.165, 1.54) is 0 Å². The van der Waals surface area contributed by atoms with E-state index in [0.717, 1.165) is 10.4 Å². The summed E-state index contributed by atoms with van der Waals surface area (Å²) >= 11 is 1.58. The average Bonchev–Trinajstić information content (AvgIpc) is 2.75. The van der Waals surface area contributed by atoms with Crippen LogP contribution in [0.25, 0.3) is 0 Å². The van der Waals surface area contributed by atoms with Gasteiger partial charge in [-0.2, -0.15) is 0 Å². The summed E-state index contributed by atoms with van der Waals surface area (Å²) < 4.78 is 10.6. The number of aliphatic hydroxyl groups is 1. The van der Waals surface area contributed by atoms with Gasteiger partial charge in [0, 0.05) is 11.3 Å². The van der Waals surface area contributed by atoms with Crippen molar-refractivity contribution in [3.05, 3.63) is 21.9 Å². The van der Waals surface area contributed by atoms with Crippen molar-refractivity contribution in [1.29, 1.82) is 0 Å². The quantitative estimate of drug-likeness (QED) is 0.834.